The molecular formula is C10H12F6N4O. The molecule has 0 bridgehead atoms. The van der Waals surface area contributed by atoms with Crippen LogP contribution in [0.25, 0.3) is 0 Å². The van der Waals surface area contributed by atoms with Gasteiger partial charge in [-0.25, -0.2) is 0 Å². The van der Waals surface area contributed by atoms with E-state index in [0.717, 1.165) is 4.90 Å². The lowest BCUT2D eigenvalue weighted by molar-refractivity contribution is -0.335. The lowest BCUT2D eigenvalue weighted by atomic mass is 9.85. The minimum Gasteiger partial charge on any atom is -0.338 e. The topological polar surface area (TPSA) is 68.2 Å². The summed E-state index contributed by atoms with van der Waals surface area (Å²) < 4.78 is 81.9. The van der Waals surface area contributed by atoms with E-state index in [-0.39, 0.29) is 31.3 Å². The fourth-order valence-corrected chi connectivity index (χ4v) is 2.28. The molecule has 0 spiro atoms. The van der Waals surface area contributed by atoms with Crippen LogP contribution in [0.3, 0.4) is 0 Å². The lowest BCUT2D eigenvalue weighted by Crippen LogP contribution is -2.51. The number of likely N-dealkylation sites (tertiary alicyclic amines) is 1. The molecule has 0 unspecified atom stereocenters. The van der Waals surface area contributed by atoms with E-state index in [2.05, 4.69) is 14.7 Å². The van der Waals surface area contributed by atoms with Crippen molar-refractivity contribution >= 4 is 0 Å². The van der Waals surface area contributed by atoms with Crippen LogP contribution in [-0.4, -0.2) is 40.5 Å². The molecule has 1 aromatic rings. The molecule has 1 aliphatic heterocycles. The highest BCUT2D eigenvalue weighted by Gasteiger charge is 2.72. The Morgan fingerprint density at radius 2 is 1.81 bits per heavy atom. The second-order valence-electron chi connectivity index (χ2n) is 4.85. The van der Waals surface area contributed by atoms with E-state index in [1.807, 2.05) is 0 Å². The highest BCUT2D eigenvalue weighted by atomic mass is 19.4. The standard InChI is InChI=1S/C10H12F6N4O/c11-9(12,13)8(10(14,15)16)1-2-20(5-8)4-6-18-7(3-17)21-19-6/h1-5,17H2. The number of nitrogens with zero attached hydrogens (tertiary/aromatic N) is 3. The summed E-state index contributed by atoms with van der Waals surface area (Å²) in [5.41, 5.74) is 1.51. The van der Waals surface area contributed by atoms with Crippen molar-refractivity contribution in [1.29, 1.82) is 0 Å². The third kappa shape index (κ3) is 2.84. The van der Waals surface area contributed by atoms with Gasteiger partial charge in [-0.1, -0.05) is 5.16 Å². The fraction of sp³-hybridized carbons (Fsp3) is 0.800. The van der Waals surface area contributed by atoms with Crippen molar-refractivity contribution in [2.45, 2.75) is 31.9 Å². The average molecular weight is 318 g/mol. The van der Waals surface area contributed by atoms with Crippen LogP contribution < -0.4 is 5.73 Å². The number of halogens is 6. The van der Waals surface area contributed by atoms with Gasteiger partial charge in [0, 0.05) is 6.54 Å². The summed E-state index contributed by atoms with van der Waals surface area (Å²) in [6.07, 6.45) is -11.8. The van der Waals surface area contributed by atoms with Crippen molar-refractivity contribution < 1.29 is 30.9 Å². The van der Waals surface area contributed by atoms with E-state index in [1.165, 1.54) is 0 Å². The minimum atomic E-state index is -5.36. The van der Waals surface area contributed by atoms with Gasteiger partial charge in [-0.15, -0.1) is 0 Å². The molecule has 1 saturated heterocycles. The zero-order chi connectivity index (χ0) is 15.9. The van der Waals surface area contributed by atoms with Gasteiger partial charge in [0.2, 0.25) is 5.89 Å². The summed E-state index contributed by atoms with van der Waals surface area (Å²) in [7, 11) is 0. The Morgan fingerprint density at radius 3 is 2.24 bits per heavy atom. The van der Waals surface area contributed by atoms with E-state index >= 15 is 0 Å². The number of aromatic nitrogens is 2. The van der Waals surface area contributed by atoms with Gasteiger partial charge in [-0.2, -0.15) is 31.3 Å². The molecule has 1 fully saturated rings. The van der Waals surface area contributed by atoms with Crippen molar-refractivity contribution in [2.75, 3.05) is 13.1 Å². The molecule has 2 heterocycles. The molecule has 21 heavy (non-hydrogen) atoms. The van der Waals surface area contributed by atoms with Gasteiger partial charge >= 0.3 is 12.4 Å². The largest absolute Gasteiger partial charge is 0.404 e. The normalized spacial score (nSPS) is 20.1. The van der Waals surface area contributed by atoms with E-state index in [0.29, 0.717) is 0 Å². The zero-order valence-corrected chi connectivity index (χ0v) is 10.6. The first-order valence-electron chi connectivity index (χ1n) is 5.96. The highest BCUT2D eigenvalue weighted by molar-refractivity contribution is 5.01. The predicted octanol–water partition coefficient (Wildman–Crippen LogP) is 1.84. The Morgan fingerprint density at radius 1 is 1.19 bits per heavy atom. The Bertz CT molecular complexity index is 482. The summed E-state index contributed by atoms with van der Waals surface area (Å²) in [6, 6.07) is 0. The number of hydrogen-bond donors (Lipinski definition) is 1. The maximum atomic E-state index is 12.9. The summed E-state index contributed by atoms with van der Waals surface area (Å²) in [6.45, 7) is -1.84. The van der Waals surface area contributed by atoms with Crippen molar-refractivity contribution in [3.8, 4) is 0 Å². The molecule has 1 aromatic heterocycles. The van der Waals surface area contributed by atoms with Crippen molar-refractivity contribution in [3.63, 3.8) is 0 Å². The Labute approximate surface area is 115 Å². The van der Waals surface area contributed by atoms with Gasteiger partial charge in [0.25, 0.3) is 0 Å². The van der Waals surface area contributed by atoms with Gasteiger partial charge in [0.15, 0.2) is 11.2 Å². The molecule has 0 atom stereocenters. The van der Waals surface area contributed by atoms with Crippen LogP contribution in [0.4, 0.5) is 26.3 Å². The monoisotopic (exact) mass is 318 g/mol. The van der Waals surface area contributed by atoms with E-state index < -0.39 is 30.7 Å². The van der Waals surface area contributed by atoms with Gasteiger partial charge in [-0.3, -0.25) is 4.90 Å². The van der Waals surface area contributed by atoms with Gasteiger partial charge in [0.05, 0.1) is 13.1 Å². The van der Waals surface area contributed by atoms with Crippen LogP contribution in [0.5, 0.6) is 0 Å². The zero-order valence-electron chi connectivity index (χ0n) is 10.6. The molecule has 0 radical (unpaired) electrons. The molecular weight excluding hydrogens is 306 g/mol. The molecule has 1 aliphatic rings. The predicted molar refractivity (Wildman–Crippen MR) is 56.6 cm³/mol. The van der Waals surface area contributed by atoms with Crippen LogP contribution in [0.1, 0.15) is 18.1 Å². The number of hydrogen-bond acceptors (Lipinski definition) is 5. The Balaban J connectivity index is 2.13. The van der Waals surface area contributed by atoms with E-state index in [1.54, 1.807) is 0 Å². The molecule has 5 nitrogen and oxygen atoms in total. The summed E-state index contributed by atoms with van der Waals surface area (Å²) >= 11 is 0. The van der Waals surface area contributed by atoms with E-state index in [4.69, 9.17) is 5.73 Å². The third-order valence-corrected chi connectivity index (χ3v) is 3.48. The molecule has 0 aliphatic carbocycles. The molecule has 0 aromatic carbocycles. The smallest absolute Gasteiger partial charge is 0.338 e. The highest BCUT2D eigenvalue weighted by Crippen LogP contribution is 2.55. The number of alkyl halides is 6. The quantitative estimate of drug-likeness (QED) is 0.862. The Kier molecular flexibility index (Phi) is 3.91. The van der Waals surface area contributed by atoms with Crippen LogP contribution in [0, 0.1) is 5.41 Å². The SMILES string of the molecule is NCc1nc(CN2CCC(C(F)(F)F)(C(F)(F)F)C2)no1. The van der Waals surface area contributed by atoms with Gasteiger partial charge in [-0.05, 0) is 13.0 Å². The van der Waals surface area contributed by atoms with Crippen molar-refractivity contribution in [2.24, 2.45) is 11.1 Å². The summed E-state index contributed by atoms with van der Waals surface area (Å²) in [4.78, 5) is 4.76. The summed E-state index contributed by atoms with van der Waals surface area (Å²) in [5, 5.41) is 3.45. The third-order valence-electron chi connectivity index (χ3n) is 3.48. The fourth-order valence-electron chi connectivity index (χ4n) is 2.28. The molecule has 2 rings (SSSR count). The maximum absolute atomic E-state index is 12.9. The van der Waals surface area contributed by atoms with Crippen LogP contribution in [-0.2, 0) is 13.1 Å². The van der Waals surface area contributed by atoms with Gasteiger partial charge < -0.3 is 10.3 Å². The maximum Gasteiger partial charge on any atom is 0.404 e. The first-order chi connectivity index (χ1) is 9.59. The number of nitrogens with two attached hydrogens (primary N) is 1. The first-order valence-corrected chi connectivity index (χ1v) is 5.96. The molecule has 2 N–H and O–H groups in total. The Hall–Kier alpha value is -1.36. The molecule has 0 amide bonds. The minimum absolute atomic E-state index is 0.00981. The van der Waals surface area contributed by atoms with Crippen LogP contribution in [0.15, 0.2) is 4.52 Å². The summed E-state index contributed by atoms with van der Waals surface area (Å²) in [5.74, 6) is 0.0812. The second kappa shape index (κ2) is 5.13. The molecule has 11 heteroatoms. The van der Waals surface area contributed by atoms with Gasteiger partial charge in [0.1, 0.15) is 0 Å². The first kappa shape index (κ1) is 16.0. The van der Waals surface area contributed by atoms with E-state index in [9.17, 15) is 26.3 Å². The second-order valence-corrected chi connectivity index (χ2v) is 4.85. The molecule has 120 valence electrons. The van der Waals surface area contributed by atoms with Crippen molar-refractivity contribution in [1.82, 2.24) is 15.0 Å². The lowest BCUT2D eigenvalue weighted by Gasteiger charge is -2.33. The van der Waals surface area contributed by atoms with Crippen molar-refractivity contribution in [3.05, 3.63) is 11.7 Å². The van der Waals surface area contributed by atoms with Crippen LogP contribution in [0.2, 0.25) is 0 Å². The molecule has 0 saturated carbocycles. The average Bonchev–Trinajstić information content (AvgIpc) is 2.94. The van der Waals surface area contributed by atoms with Crippen LogP contribution >= 0.6 is 0 Å². The number of rotatable bonds is 3.